The first kappa shape index (κ1) is 22.0. The first-order chi connectivity index (χ1) is 15.5. The smallest absolute Gasteiger partial charge is 0.236 e. The van der Waals surface area contributed by atoms with Gasteiger partial charge in [0.15, 0.2) is 11.0 Å². The number of aromatic amines is 1. The first-order valence-electron chi connectivity index (χ1n) is 10.1. The summed E-state index contributed by atoms with van der Waals surface area (Å²) in [6, 6.07) is 16.0. The molecule has 0 bridgehead atoms. The van der Waals surface area contributed by atoms with Gasteiger partial charge < -0.3 is 10.1 Å². The van der Waals surface area contributed by atoms with Crippen molar-refractivity contribution in [2.75, 3.05) is 11.1 Å². The van der Waals surface area contributed by atoms with E-state index in [1.165, 1.54) is 23.1 Å². The number of nitrogens with one attached hydrogen (secondary N) is 2. The van der Waals surface area contributed by atoms with Crippen LogP contribution in [0.25, 0.3) is 11.3 Å². The number of hydrogen-bond acceptors (Lipinski definition) is 7. The molecule has 2 heterocycles. The Labute approximate surface area is 194 Å². The molecule has 2 aromatic carbocycles. The number of aromatic nitrogens is 4. The van der Waals surface area contributed by atoms with Crippen LogP contribution in [0.1, 0.15) is 21.8 Å². The molecule has 4 aromatic rings. The summed E-state index contributed by atoms with van der Waals surface area (Å²) >= 11 is 2.72. The highest BCUT2D eigenvalue weighted by atomic mass is 32.2. The molecule has 9 heteroatoms. The molecule has 0 atom stereocenters. The molecule has 7 nitrogen and oxygen atoms in total. The van der Waals surface area contributed by atoms with E-state index in [-0.39, 0.29) is 18.3 Å². The quantitative estimate of drug-likeness (QED) is 0.349. The van der Waals surface area contributed by atoms with Gasteiger partial charge in [-0.1, -0.05) is 60.3 Å². The number of carbonyl (C=O) groups excluding carboxylic acids is 1. The maximum Gasteiger partial charge on any atom is 0.236 e. The van der Waals surface area contributed by atoms with Gasteiger partial charge in [0.05, 0.1) is 11.4 Å². The largest absolute Gasteiger partial charge is 0.485 e. The summed E-state index contributed by atoms with van der Waals surface area (Å²) in [5.41, 5.74) is 4.07. The number of aryl methyl sites for hydroxylation is 3. The number of thiazole rings is 1. The molecule has 0 unspecified atom stereocenters. The molecule has 32 heavy (non-hydrogen) atoms. The number of ether oxygens (including phenoxy) is 1. The summed E-state index contributed by atoms with van der Waals surface area (Å²) < 4.78 is 5.89. The summed E-state index contributed by atoms with van der Waals surface area (Å²) in [6.45, 7) is 6.30. The van der Waals surface area contributed by atoms with Crippen LogP contribution in [0, 0.1) is 20.8 Å². The van der Waals surface area contributed by atoms with Crippen molar-refractivity contribution >= 4 is 34.1 Å². The van der Waals surface area contributed by atoms with Crippen LogP contribution in [-0.4, -0.2) is 31.8 Å². The highest BCUT2D eigenvalue weighted by molar-refractivity contribution is 7.99. The zero-order chi connectivity index (χ0) is 22.5. The number of thioether (sulfide) groups is 1. The number of benzene rings is 2. The Balaban J connectivity index is 1.29. The zero-order valence-corrected chi connectivity index (χ0v) is 19.6. The summed E-state index contributed by atoms with van der Waals surface area (Å²) in [5, 5.41) is 11.0. The third-order valence-corrected chi connectivity index (χ3v) is 6.43. The van der Waals surface area contributed by atoms with E-state index < -0.39 is 0 Å². The number of anilines is 1. The number of amides is 1. The van der Waals surface area contributed by atoms with E-state index in [9.17, 15) is 4.79 Å². The lowest BCUT2D eigenvalue weighted by atomic mass is 10.1. The van der Waals surface area contributed by atoms with E-state index in [2.05, 4.69) is 25.5 Å². The Bertz CT molecular complexity index is 1200. The lowest BCUT2D eigenvalue weighted by Gasteiger charge is -2.10. The number of H-pyrrole nitrogens is 1. The third kappa shape index (κ3) is 5.35. The van der Waals surface area contributed by atoms with Gasteiger partial charge in [-0.2, -0.15) is 0 Å². The SMILES string of the molecule is Cc1cccc(C)c1OCc1nc(SCC(=O)Nc2nc(-c3ccccc3)c(C)s2)n[nH]1. The van der Waals surface area contributed by atoms with Gasteiger partial charge in [-0.25, -0.2) is 9.97 Å². The van der Waals surface area contributed by atoms with Crippen LogP contribution in [0.4, 0.5) is 5.13 Å². The Morgan fingerprint density at radius 1 is 1.06 bits per heavy atom. The molecule has 0 saturated carbocycles. The second-order valence-corrected chi connectivity index (χ2v) is 9.35. The lowest BCUT2D eigenvalue weighted by molar-refractivity contribution is -0.113. The molecule has 0 aliphatic carbocycles. The molecule has 1 amide bonds. The normalized spacial score (nSPS) is 10.8. The van der Waals surface area contributed by atoms with Crippen LogP contribution in [0.3, 0.4) is 0 Å². The van der Waals surface area contributed by atoms with E-state index in [1.54, 1.807) is 0 Å². The van der Waals surface area contributed by atoms with Gasteiger partial charge in [-0.05, 0) is 31.9 Å². The van der Waals surface area contributed by atoms with Gasteiger partial charge >= 0.3 is 0 Å². The summed E-state index contributed by atoms with van der Waals surface area (Å²) in [4.78, 5) is 22.4. The minimum Gasteiger partial charge on any atom is -0.485 e. The van der Waals surface area contributed by atoms with Crippen molar-refractivity contribution in [3.8, 4) is 17.0 Å². The van der Waals surface area contributed by atoms with Crippen LogP contribution in [-0.2, 0) is 11.4 Å². The zero-order valence-electron chi connectivity index (χ0n) is 18.0. The average Bonchev–Trinajstić information content (AvgIpc) is 3.38. The van der Waals surface area contributed by atoms with Crippen molar-refractivity contribution in [2.45, 2.75) is 32.5 Å². The van der Waals surface area contributed by atoms with Crippen LogP contribution < -0.4 is 10.1 Å². The van der Waals surface area contributed by atoms with Crippen molar-refractivity contribution in [1.82, 2.24) is 20.2 Å². The fourth-order valence-corrected chi connectivity index (χ4v) is 4.64. The minimum atomic E-state index is -0.151. The monoisotopic (exact) mass is 465 g/mol. The van der Waals surface area contributed by atoms with Crippen molar-refractivity contribution in [1.29, 1.82) is 0 Å². The van der Waals surface area contributed by atoms with E-state index in [1.807, 2.05) is 69.3 Å². The molecule has 0 aliphatic heterocycles. The van der Waals surface area contributed by atoms with Crippen molar-refractivity contribution < 1.29 is 9.53 Å². The second-order valence-electron chi connectivity index (χ2n) is 7.20. The highest BCUT2D eigenvalue weighted by Gasteiger charge is 2.14. The van der Waals surface area contributed by atoms with E-state index in [0.717, 1.165) is 33.0 Å². The van der Waals surface area contributed by atoms with Gasteiger partial charge in [0.25, 0.3) is 0 Å². The molecular formula is C23H23N5O2S2. The Kier molecular flexibility index (Phi) is 6.87. The molecule has 2 N–H and O–H groups in total. The fourth-order valence-electron chi connectivity index (χ4n) is 3.17. The van der Waals surface area contributed by atoms with Crippen molar-refractivity contribution in [3.63, 3.8) is 0 Å². The maximum absolute atomic E-state index is 12.4. The molecule has 0 fully saturated rings. The van der Waals surface area contributed by atoms with Crippen molar-refractivity contribution in [3.05, 3.63) is 70.4 Å². The number of hydrogen-bond donors (Lipinski definition) is 2. The van der Waals surface area contributed by atoms with Crippen LogP contribution in [0.2, 0.25) is 0 Å². The predicted molar refractivity (Wildman–Crippen MR) is 128 cm³/mol. The molecule has 0 aliphatic rings. The van der Waals surface area contributed by atoms with Gasteiger partial charge in [-0.3, -0.25) is 9.89 Å². The molecule has 164 valence electrons. The van der Waals surface area contributed by atoms with Gasteiger partial charge in [0.1, 0.15) is 12.4 Å². The fraction of sp³-hybridized carbons (Fsp3) is 0.217. The standard InChI is InChI=1S/C23H23N5O2S2/c1-14-8-7-9-15(2)21(14)30-12-18-24-23(28-27-18)31-13-19(29)25-22-26-20(16(3)32-22)17-10-5-4-6-11-17/h4-11H,12-13H2,1-3H3,(H,24,27,28)(H,25,26,29). The Morgan fingerprint density at radius 2 is 1.81 bits per heavy atom. The average molecular weight is 466 g/mol. The van der Waals surface area contributed by atoms with Gasteiger partial charge in [-0.15, -0.1) is 16.4 Å². The van der Waals surface area contributed by atoms with Crippen LogP contribution >= 0.6 is 23.1 Å². The summed E-state index contributed by atoms with van der Waals surface area (Å²) in [5.74, 6) is 1.50. The van der Waals surface area contributed by atoms with Crippen LogP contribution in [0.5, 0.6) is 5.75 Å². The third-order valence-electron chi connectivity index (χ3n) is 4.70. The summed E-state index contributed by atoms with van der Waals surface area (Å²) in [6.07, 6.45) is 0. The number of carbonyl (C=O) groups is 1. The topological polar surface area (TPSA) is 92.8 Å². The molecule has 4 rings (SSSR count). The minimum absolute atomic E-state index is 0.151. The second kappa shape index (κ2) is 9.97. The Hall–Kier alpha value is -3.17. The van der Waals surface area contributed by atoms with Crippen molar-refractivity contribution in [2.24, 2.45) is 0 Å². The number of para-hydroxylation sites is 1. The molecule has 2 aromatic heterocycles. The van der Waals surface area contributed by atoms with E-state index in [0.29, 0.717) is 16.1 Å². The Morgan fingerprint density at radius 3 is 2.56 bits per heavy atom. The molecular weight excluding hydrogens is 442 g/mol. The lowest BCUT2D eigenvalue weighted by Crippen LogP contribution is -2.13. The summed E-state index contributed by atoms with van der Waals surface area (Å²) in [7, 11) is 0. The van der Waals surface area contributed by atoms with Gasteiger partial charge in [0.2, 0.25) is 11.1 Å². The molecule has 0 saturated heterocycles. The maximum atomic E-state index is 12.4. The molecule has 0 radical (unpaired) electrons. The highest BCUT2D eigenvalue weighted by Crippen LogP contribution is 2.30. The number of nitrogens with zero attached hydrogens (tertiary/aromatic N) is 3. The van der Waals surface area contributed by atoms with E-state index >= 15 is 0 Å². The van der Waals surface area contributed by atoms with E-state index in [4.69, 9.17) is 4.74 Å². The predicted octanol–water partition coefficient (Wildman–Crippen LogP) is 5.16. The first-order valence-corrected chi connectivity index (χ1v) is 11.9. The van der Waals surface area contributed by atoms with Crippen LogP contribution in [0.15, 0.2) is 53.7 Å². The number of rotatable bonds is 8. The molecule has 0 spiro atoms. The van der Waals surface area contributed by atoms with Gasteiger partial charge in [0, 0.05) is 10.4 Å².